The molecule has 5 heteroatoms. The van der Waals surface area contributed by atoms with Crippen molar-refractivity contribution in [3.8, 4) is 11.4 Å². The Bertz CT molecular complexity index is 982. The van der Waals surface area contributed by atoms with E-state index in [1.165, 1.54) is 16.7 Å². The van der Waals surface area contributed by atoms with E-state index in [1.54, 1.807) is 18.3 Å². The van der Waals surface area contributed by atoms with Crippen molar-refractivity contribution < 1.29 is 9.18 Å². The third kappa shape index (κ3) is 1.38. The third-order valence-electron chi connectivity index (χ3n) is 3.97. The zero-order valence-corrected chi connectivity index (χ0v) is 11.3. The molecule has 2 aromatic heterocycles. The summed E-state index contributed by atoms with van der Waals surface area (Å²) in [4.78, 5) is 25.0. The Morgan fingerprint density at radius 3 is 2.76 bits per heavy atom. The van der Waals surface area contributed by atoms with Gasteiger partial charge in [0.15, 0.2) is 0 Å². The van der Waals surface area contributed by atoms with Crippen LogP contribution in [0.15, 0.2) is 41.3 Å². The lowest BCUT2D eigenvalue weighted by Gasteiger charge is -2.14. The first-order valence-corrected chi connectivity index (χ1v) is 6.72. The molecule has 3 heterocycles. The molecule has 1 aliphatic heterocycles. The highest BCUT2D eigenvalue weighted by Crippen LogP contribution is 2.32. The maximum atomic E-state index is 13.5. The molecule has 0 saturated carbocycles. The highest BCUT2D eigenvalue weighted by Gasteiger charge is 2.32. The van der Waals surface area contributed by atoms with Crippen molar-refractivity contribution in [2.24, 2.45) is 0 Å². The Balaban J connectivity index is 2.28. The second kappa shape index (κ2) is 3.91. The molecule has 0 fully saturated rings. The number of aryl methyl sites for hydroxylation is 1. The normalized spacial score (nSPS) is 12.8. The molecule has 0 saturated heterocycles. The highest BCUT2D eigenvalue weighted by molar-refractivity contribution is 6.10. The smallest absolute Gasteiger partial charge is 0.268 e. The van der Waals surface area contributed by atoms with Crippen LogP contribution in [0.1, 0.15) is 17.3 Å². The Labute approximate surface area is 119 Å². The number of hydrogen-bond donors (Lipinski definition) is 0. The fourth-order valence-corrected chi connectivity index (χ4v) is 3.09. The van der Waals surface area contributed by atoms with Crippen LogP contribution in [-0.4, -0.2) is 15.0 Å². The van der Waals surface area contributed by atoms with Crippen molar-refractivity contribution in [2.45, 2.75) is 13.5 Å². The van der Waals surface area contributed by atoms with Crippen LogP contribution in [0, 0.1) is 5.82 Å². The van der Waals surface area contributed by atoms with Gasteiger partial charge in [-0.15, -0.1) is 0 Å². The van der Waals surface area contributed by atoms with E-state index in [0.717, 1.165) is 0 Å². The van der Waals surface area contributed by atoms with Crippen LogP contribution in [0.2, 0.25) is 0 Å². The molecule has 21 heavy (non-hydrogen) atoms. The van der Waals surface area contributed by atoms with Crippen molar-refractivity contribution in [3.05, 3.63) is 58.1 Å². The second-order valence-corrected chi connectivity index (χ2v) is 5.03. The maximum absolute atomic E-state index is 13.5. The molecule has 3 aromatic rings. The first-order valence-electron chi connectivity index (χ1n) is 6.72. The van der Waals surface area contributed by atoms with E-state index in [0.29, 0.717) is 23.4 Å². The summed E-state index contributed by atoms with van der Waals surface area (Å²) in [6, 6.07) is 7.70. The molecule has 0 radical (unpaired) electrons. The van der Waals surface area contributed by atoms with Crippen molar-refractivity contribution >= 4 is 16.8 Å². The van der Waals surface area contributed by atoms with E-state index >= 15 is 0 Å². The van der Waals surface area contributed by atoms with E-state index < -0.39 is 11.2 Å². The Morgan fingerprint density at radius 2 is 2.00 bits per heavy atom. The highest BCUT2D eigenvalue weighted by atomic mass is 19.1. The minimum absolute atomic E-state index is 0.130. The average molecular weight is 282 g/mol. The van der Waals surface area contributed by atoms with Crippen LogP contribution in [0.3, 0.4) is 0 Å². The van der Waals surface area contributed by atoms with Gasteiger partial charge < -0.3 is 4.57 Å². The summed E-state index contributed by atoms with van der Waals surface area (Å²) >= 11 is 0. The van der Waals surface area contributed by atoms with Gasteiger partial charge in [-0.25, -0.2) is 4.39 Å². The van der Waals surface area contributed by atoms with E-state index in [2.05, 4.69) is 0 Å². The van der Waals surface area contributed by atoms with Crippen molar-refractivity contribution in [1.82, 2.24) is 9.13 Å². The molecule has 0 unspecified atom stereocenters. The lowest BCUT2D eigenvalue weighted by atomic mass is 10.1. The van der Waals surface area contributed by atoms with Gasteiger partial charge in [-0.3, -0.25) is 14.2 Å². The first kappa shape index (κ1) is 12.1. The number of hydrogen-bond acceptors (Lipinski definition) is 2. The molecule has 4 rings (SSSR count). The average Bonchev–Trinajstić information content (AvgIpc) is 3.04. The summed E-state index contributed by atoms with van der Waals surface area (Å²) in [5, 5.41) is 0.245. The number of nitrogens with zero attached hydrogens (tertiary/aromatic N) is 2. The van der Waals surface area contributed by atoms with Crippen LogP contribution in [0.4, 0.5) is 4.39 Å². The molecule has 1 aliphatic rings. The SMILES string of the molecule is CCn1c2c(c(=O)c3cc(F)ccc31)C(=O)n1cccc1-2. The van der Waals surface area contributed by atoms with E-state index in [-0.39, 0.29) is 16.9 Å². The fourth-order valence-electron chi connectivity index (χ4n) is 3.09. The number of carbonyl (C=O) groups is 1. The zero-order valence-electron chi connectivity index (χ0n) is 11.3. The molecule has 0 bridgehead atoms. The summed E-state index contributed by atoms with van der Waals surface area (Å²) in [5.74, 6) is -0.823. The van der Waals surface area contributed by atoms with Crippen LogP contribution < -0.4 is 5.43 Å². The summed E-state index contributed by atoms with van der Waals surface area (Å²) in [6.07, 6.45) is 1.64. The summed E-state index contributed by atoms with van der Waals surface area (Å²) < 4.78 is 16.8. The number of aromatic nitrogens is 2. The third-order valence-corrected chi connectivity index (χ3v) is 3.97. The van der Waals surface area contributed by atoms with Crippen molar-refractivity contribution in [2.75, 3.05) is 0 Å². The molecule has 0 atom stereocenters. The van der Waals surface area contributed by atoms with Gasteiger partial charge in [-0.1, -0.05) is 0 Å². The molecule has 1 aromatic carbocycles. The molecule has 0 aliphatic carbocycles. The van der Waals surface area contributed by atoms with Crippen molar-refractivity contribution in [1.29, 1.82) is 0 Å². The number of fused-ring (bicyclic) bond motifs is 4. The van der Waals surface area contributed by atoms with Crippen LogP contribution in [0.25, 0.3) is 22.3 Å². The van der Waals surface area contributed by atoms with E-state index in [1.807, 2.05) is 17.6 Å². The summed E-state index contributed by atoms with van der Waals surface area (Å²) in [5.41, 5.74) is 1.70. The number of rotatable bonds is 1. The Hall–Kier alpha value is -2.69. The largest absolute Gasteiger partial charge is 0.339 e. The van der Waals surface area contributed by atoms with Gasteiger partial charge in [0.2, 0.25) is 5.43 Å². The Morgan fingerprint density at radius 1 is 1.19 bits per heavy atom. The fraction of sp³-hybridized carbons (Fsp3) is 0.125. The molecular formula is C16H11FN2O2. The minimum Gasteiger partial charge on any atom is -0.339 e. The lowest BCUT2D eigenvalue weighted by Crippen LogP contribution is -2.20. The Kier molecular flexibility index (Phi) is 2.25. The van der Waals surface area contributed by atoms with Crippen LogP contribution in [0.5, 0.6) is 0 Å². The molecule has 0 amide bonds. The molecule has 0 spiro atoms. The summed E-state index contributed by atoms with van der Waals surface area (Å²) in [6.45, 7) is 2.52. The number of carbonyl (C=O) groups excluding carboxylic acids is 1. The van der Waals surface area contributed by atoms with Crippen LogP contribution in [-0.2, 0) is 6.54 Å². The standard InChI is InChI=1S/C16H11FN2O2/c1-2-18-11-6-5-9(17)8-10(11)15(20)13-14(18)12-4-3-7-19(12)16(13)21/h3-8H,2H2,1H3. The van der Waals surface area contributed by atoms with Gasteiger partial charge in [-0.05, 0) is 37.3 Å². The monoisotopic (exact) mass is 282 g/mol. The minimum atomic E-state index is -0.479. The van der Waals surface area contributed by atoms with Gasteiger partial charge in [0.25, 0.3) is 5.91 Å². The van der Waals surface area contributed by atoms with Crippen LogP contribution >= 0.6 is 0 Å². The number of pyridine rings is 1. The van der Waals surface area contributed by atoms with Gasteiger partial charge in [0, 0.05) is 18.1 Å². The van der Waals surface area contributed by atoms with Gasteiger partial charge in [0.1, 0.15) is 11.4 Å². The predicted octanol–water partition coefficient (Wildman–Crippen LogP) is 2.63. The number of halogens is 1. The van der Waals surface area contributed by atoms with E-state index in [4.69, 9.17) is 0 Å². The predicted molar refractivity (Wildman–Crippen MR) is 77.0 cm³/mol. The maximum Gasteiger partial charge on any atom is 0.268 e. The summed E-state index contributed by atoms with van der Waals surface area (Å²) in [7, 11) is 0. The zero-order chi connectivity index (χ0) is 14.7. The molecule has 4 nitrogen and oxygen atoms in total. The van der Waals surface area contributed by atoms with Crippen molar-refractivity contribution in [3.63, 3.8) is 0 Å². The van der Waals surface area contributed by atoms with Gasteiger partial charge in [-0.2, -0.15) is 0 Å². The quantitative estimate of drug-likeness (QED) is 0.538. The second-order valence-electron chi connectivity index (χ2n) is 5.03. The van der Waals surface area contributed by atoms with E-state index in [9.17, 15) is 14.0 Å². The first-order chi connectivity index (χ1) is 10.1. The molecule has 0 N–H and O–H groups in total. The lowest BCUT2D eigenvalue weighted by molar-refractivity contribution is 0.0968. The topological polar surface area (TPSA) is 44.0 Å². The molecule has 104 valence electrons. The van der Waals surface area contributed by atoms with Gasteiger partial charge >= 0.3 is 0 Å². The number of benzene rings is 1. The molecular weight excluding hydrogens is 271 g/mol. The van der Waals surface area contributed by atoms with Gasteiger partial charge in [0.05, 0.1) is 16.9 Å².